The van der Waals surface area contributed by atoms with Gasteiger partial charge in [-0.15, -0.1) is 0 Å². The molecule has 0 heterocycles. The van der Waals surface area contributed by atoms with E-state index in [0.29, 0.717) is 12.2 Å². The van der Waals surface area contributed by atoms with E-state index in [4.69, 9.17) is 4.74 Å². The largest absolute Gasteiger partial charge is 0.375 e. The van der Waals surface area contributed by atoms with Crippen LogP contribution in [0.1, 0.15) is 207 Å². The average molecular weight is 615 g/mol. The van der Waals surface area contributed by atoms with Crippen molar-refractivity contribution in [1.82, 2.24) is 0 Å². The molecule has 0 aromatic rings. The fourth-order valence-electron chi connectivity index (χ4n) is 5.74. The van der Waals surface area contributed by atoms with Gasteiger partial charge < -0.3 is 4.74 Å². The summed E-state index contributed by atoms with van der Waals surface area (Å²) in [4.78, 5) is 0. The van der Waals surface area contributed by atoms with Crippen LogP contribution in [0.25, 0.3) is 0 Å². The molecule has 2 atom stereocenters. The first-order chi connectivity index (χ1) is 20.3. The summed E-state index contributed by atoms with van der Waals surface area (Å²) in [6, 6.07) is 0. The summed E-state index contributed by atoms with van der Waals surface area (Å²) in [5, 5.41) is 0. The van der Waals surface area contributed by atoms with Crippen LogP contribution in [-0.2, 0) is 4.74 Å². The number of ether oxygens (including phenoxy) is 1. The molecule has 41 heavy (non-hydrogen) atoms. The number of rotatable bonds is 36. The molecule has 0 saturated carbocycles. The standard InChI is InChI=1S/C38H78OS2/c1-5-9-13-17-19-21-23-27-33-40-35-31-37(29-25-15-11-7-3)39-38(30-26-16-12-8-4)32-36-41-34-28-24-22-20-18-14-10-6-2/h37-38H,5-36H2,1-4H3. The molecule has 0 saturated heterocycles. The van der Waals surface area contributed by atoms with Gasteiger partial charge in [-0.3, -0.25) is 0 Å². The minimum Gasteiger partial charge on any atom is -0.375 e. The topological polar surface area (TPSA) is 9.23 Å². The van der Waals surface area contributed by atoms with E-state index in [9.17, 15) is 0 Å². The van der Waals surface area contributed by atoms with E-state index in [-0.39, 0.29) is 0 Å². The monoisotopic (exact) mass is 615 g/mol. The summed E-state index contributed by atoms with van der Waals surface area (Å²) in [5.41, 5.74) is 0. The Bertz CT molecular complexity index is 418. The number of thioether (sulfide) groups is 2. The van der Waals surface area contributed by atoms with Gasteiger partial charge in [0.2, 0.25) is 0 Å². The van der Waals surface area contributed by atoms with Crippen LogP contribution in [0.15, 0.2) is 0 Å². The second-order valence-corrected chi connectivity index (χ2v) is 15.3. The van der Waals surface area contributed by atoms with Crippen molar-refractivity contribution in [3.8, 4) is 0 Å². The van der Waals surface area contributed by atoms with E-state index in [0.717, 1.165) is 0 Å². The second-order valence-electron chi connectivity index (χ2n) is 12.8. The smallest absolute Gasteiger partial charge is 0.0586 e. The van der Waals surface area contributed by atoms with Crippen LogP contribution in [0.5, 0.6) is 0 Å². The first-order valence-corrected chi connectivity index (χ1v) is 21.4. The van der Waals surface area contributed by atoms with Gasteiger partial charge in [0, 0.05) is 0 Å². The third kappa shape index (κ3) is 33.4. The van der Waals surface area contributed by atoms with Gasteiger partial charge in [0.15, 0.2) is 0 Å². The fraction of sp³-hybridized carbons (Fsp3) is 1.00. The molecular formula is C38H78OS2. The molecule has 0 rings (SSSR count). The Morgan fingerprint density at radius 3 is 0.951 bits per heavy atom. The van der Waals surface area contributed by atoms with E-state index in [1.165, 1.54) is 203 Å². The molecular weight excluding hydrogens is 537 g/mol. The molecule has 2 unspecified atom stereocenters. The van der Waals surface area contributed by atoms with E-state index in [1.54, 1.807) is 0 Å². The predicted molar refractivity (Wildman–Crippen MR) is 195 cm³/mol. The van der Waals surface area contributed by atoms with Crippen molar-refractivity contribution in [3.05, 3.63) is 0 Å². The van der Waals surface area contributed by atoms with Crippen LogP contribution in [0.4, 0.5) is 0 Å². The lowest BCUT2D eigenvalue weighted by Crippen LogP contribution is -2.24. The van der Waals surface area contributed by atoms with Gasteiger partial charge in [-0.2, -0.15) is 23.5 Å². The quantitative estimate of drug-likeness (QED) is 0.0650. The normalized spacial score (nSPS) is 13.2. The fourth-order valence-corrected chi connectivity index (χ4v) is 7.82. The summed E-state index contributed by atoms with van der Waals surface area (Å²) in [5.74, 6) is 5.30. The van der Waals surface area contributed by atoms with E-state index < -0.39 is 0 Å². The van der Waals surface area contributed by atoms with Crippen molar-refractivity contribution in [1.29, 1.82) is 0 Å². The van der Waals surface area contributed by atoms with E-state index in [1.807, 2.05) is 0 Å². The third-order valence-electron chi connectivity index (χ3n) is 8.60. The summed E-state index contributed by atoms with van der Waals surface area (Å²) in [6.45, 7) is 9.27. The molecule has 0 aliphatic heterocycles. The predicted octanol–water partition coefficient (Wildman–Crippen LogP) is 14.2. The maximum absolute atomic E-state index is 6.97. The molecule has 0 aliphatic carbocycles. The average Bonchev–Trinajstić information content (AvgIpc) is 2.98. The maximum Gasteiger partial charge on any atom is 0.0586 e. The van der Waals surface area contributed by atoms with Gasteiger partial charge in [0.05, 0.1) is 12.2 Å². The highest BCUT2D eigenvalue weighted by molar-refractivity contribution is 7.99. The number of hydrogen-bond acceptors (Lipinski definition) is 3. The summed E-state index contributed by atoms with van der Waals surface area (Å²) in [6.07, 6.45) is 39.9. The SMILES string of the molecule is CCCCCCCCCCSCCC(CCCCCC)OC(CCCCCC)CCSCCCCCCCCCC. The lowest BCUT2D eigenvalue weighted by molar-refractivity contribution is -0.0246. The zero-order valence-corrected chi connectivity index (χ0v) is 30.6. The third-order valence-corrected chi connectivity index (χ3v) is 10.8. The van der Waals surface area contributed by atoms with Gasteiger partial charge >= 0.3 is 0 Å². The highest BCUT2D eigenvalue weighted by Crippen LogP contribution is 2.23. The Kier molecular flexibility index (Phi) is 37.4. The molecule has 1 nitrogen and oxygen atoms in total. The van der Waals surface area contributed by atoms with Crippen molar-refractivity contribution >= 4 is 23.5 Å². The van der Waals surface area contributed by atoms with Crippen molar-refractivity contribution in [2.45, 2.75) is 220 Å². The van der Waals surface area contributed by atoms with Crippen LogP contribution in [0, 0.1) is 0 Å². The summed E-state index contributed by atoms with van der Waals surface area (Å²) < 4.78 is 6.97. The zero-order chi connectivity index (χ0) is 29.9. The Morgan fingerprint density at radius 1 is 0.317 bits per heavy atom. The van der Waals surface area contributed by atoms with Gasteiger partial charge in [-0.25, -0.2) is 0 Å². The van der Waals surface area contributed by atoms with Crippen LogP contribution >= 0.6 is 23.5 Å². The summed E-state index contributed by atoms with van der Waals surface area (Å²) >= 11 is 4.40. The number of hydrogen-bond donors (Lipinski definition) is 0. The maximum atomic E-state index is 6.97. The Hall–Kier alpha value is 0.660. The Morgan fingerprint density at radius 2 is 0.610 bits per heavy atom. The van der Waals surface area contributed by atoms with Crippen LogP contribution in [0.3, 0.4) is 0 Å². The van der Waals surface area contributed by atoms with E-state index >= 15 is 0 Å². The first kappa shape index (κ1) is 41.7. The number of unbranched alkanes of at least 4 members (excludes halogenated alkanes) is 20. The van der Waals surface area contributed by atoms with Crippen LogP contribution in [0.2, 0.25) is 0 Å². The molecule has 248 valence electrons. The highest BCUT2D eigenvalue weighted by Gasteiger charge is 2.17. The van der Waals surface area contributed by atoms with Crippen molar-refractivity contribution in [3.63, 3.8) is 0 Å². The minimum absolute atomic E-state index is 0.492. The molecule has 0 spiro atoms. The zero-order valence-electron chi connectivity index (χ0n) is 29.0. The molecule has 0 amide bonds. The molecule has 0 fully saturated rings. The molecule has 0 aromatic carbocycles. The first-order valence-electron chi connectivity index (χ1n) is 19.1. The Balaban J connectivity index is 4.35. The minimum atomic E-state index is 0.492. The lowest BCUT2D eigenvalue weighted by Gasteiger charge is -2.25. The lowest BCUT2D eigenvalue weighted by atomic mass is 10.0. The molecule has 0 aliphatic rings. The molecule has 3 heteroatoms. The Labute approximate surface area is 270 Å². The summed E-state index contributed by atoms with van der Waals surface area (Å²) in [7, 11) is 0. The van der Waals surface area contributed by atoms with Crippen molar-refractivity contribution < 1.29 is 4.74 Å². The van der Waals surface area contributed by atoms with Gasteiger partial charge in [0.25, 0.3) is 0 Å². The van der Waals surface area contributed by atoms with E-state index in [2.05, 4.69) is 51.2 Å². The highest BCUT2D eigenvalue weighted by atomic mass is 32.2. The van der Waals surface area contributed by atoms with Gasteiger partial charge in [-0.1, -0.05) is 169 Å². The molecule has 0 N–H and O–H groups in total. The molecule has 0 aromatic heterocycles. The second kappa shape index (κ2) is 36.8. The van der Waals surface area contributed by atoms with Crippen molar-refractivity contribution in [2.24, 2.45) is 0 Å². The van der Waals surface area contributed by atoms with Gasteiger partial charge in [0.1, 0.15) is 0 Å². The van der Waals surface area contributed by atoms with Crippen LogP contribution < -0.4 is 0 Å². The van der Waals surface area contributed by atoms with Crippen molar-refractivity contribution in [2.75, 3.05) is 23.0 Å². The van der Waals surface area contributed by atoms with Gasteiger partial charge in [-0.05, 0) is 61.5 Å². The molecule has 0 radical (unpaired) electrons. The van der Waals surface area contributed by atoms with Crippen LogP contribution in [-0.4, -0.2) is 35.2 Å². The molecule has 0 bridgehead atoms.